The van der Waals surface area contributed by atoms with E-state index in [1.807, 2.05) is 11.8 Å². The van der Waals surface area contributed by atoms with Crippen molar-refractivity contribution in [2.45, 2.75) is 39.2 Å². The highest BCUT2D eigenvalue weighted by Crippen LogP contribution is 2.22. The average Bonchev–Trinajstić information content (AvgIpc) is 2.89. The molecule has 1 unspecified atom stereocenters. The van der Waals surface area contributed by atoms with Gasteiger partial charge in [0, 0.05) is 19.1 Å². The molecule has 7 nitrogen and oxygen atoms in total. The molecule has 1 fully saturated rings. The van der Waals surface area contributed by atoms with Gasteiger partial charge in [-0.25, -0.2) is 8.42 Å². The lowest BCUT2D eigenvalue weighted by Crippen LogP contribution is -2.37. The number of hydrogen-bond donors (Lipinski definition) is 1. The van der Waals surface area contributed by atoms with E-state index in [0.29, 0.717) is 25.3 Å². The summed E-state index contributed by atoms with van der Waals surface area (Å²) in [4.78, 5) is 13.8. The number of amides is 1. The van der Waals surface area contributed by atoms with Crippen molar-refractivity contribution in [2.24, 2.45) is 0 Å². The summed E-state index contributed by atoms with van der Waals surface area (Å²) in [5.41, 5.74) is 0.278. The summed E-state index contributed by atoms with van der Waals surface area (Å²) in [6.07, 6.45) is 2.55. The summed E-state index contributed by atoms with van der Waals surface area (Å²) in [6, 6.07) is 3.30. The Bertz CT molecular complexity index is 631. The SMILES string of the molecule is CCCCNC(=O)c1ccc(N(CC)C2CCS(=O)(=O)C2)nn1. The number of nitrogens with one attached hydrogen (secondary N) is 1. The van der Waals surface area contributed by atoms with E-state index in [-0.39, 0.29) is 29.1 Å². The fourth-order valence-corrected chi connectivity index (χ4v) is 4.43. The molecule has 0 saturated carbocycles. The summed E-state index contributed by atoms with van der Waals surface area (Å²) in [6.45, 7) is 5.29. The van der Waals surface area contributed by atoms with E-state index in [1.54, 1.807) is 12.1 Å². The Kier molecular flexibility index (Phi) is 5.92. The van der Waals surface area contributed by atoms with Crippen LogP contribution in [0.3, 0.4) is 0 Å². The molecule has 1 amide bonds. The second-order valence-electron chi connectivity index (χ2n) is 5.73. The number of carbonyl (C=O) groups is 1. The van der Waals surface area contributed by atoms with E-state index in [2.05, 4.69) is 22.4 Å². The molecule has 1 atom stereocenters. The Hall–Kier alpha value is -1.70. The molecule has 1 aliphatic heterocycles. The van der Waals surface area contributed by atoms with Crippen LogP contribution in [0.1, 0.15) is 43.6 Å². The minimum absolute atomic E-state index is 0.0662. The normalized spacial score (nSPS) is 19.5. The minimum atomic E-state index is -2.95. The van der Waals surface area contributed by atoms with Crippen LogP contribution in [0.25, 0.3) is 0 Å². The first-order valence-electron chi connectivity index (χ1n) is 8.06. The van der Waals surface area contributed by atoms with Crippen LogP contribution in [-0.4, -0.2) is 55.2 Å². The molecule has 0 bridgehead atoms. The van der Waals surface area contributed by atoms with Gasteiger partial charge < -0.3 is 10.2 Å². The number of hydrogen-bond acceptors (Lipinski definition) is 6. The number of carbonyl (C=O) groups excluding carboxylic acids is 1. The highest BCUT2D eigenvalue weighted by atomic mass is 32.2. The van der Waals surface area contributed by atoms with E-state index in [1.165, 1.54) is 0 Å². The van der Waals surface area contributed by atoms with Crippen LogP contribution in [0, 0.1) is 0 Å². The van der Waals surface area contributed by atoms with Gasteiger partial charge in [0.1, 0.15) is 0 Å². The van der Waals surface area contributed by atoms with Gasteiger partial charge in [0.2, 0.25) is 0 Å². The second-order valence-corrected chi connectivity index (χ2v) is 7.96. The minimum Gasteiger partial charge on any atom is -0.351 e. The molecule has 1 saturated heterocycles. The first-order valence-corrected chi connectivity index (χ1v) is 9.88. The first-order chi connectivity index (χ1) is 11.0. The maximum atomic E-state index is 11.9. The van der Waals surface area contributed by atoms with Gasteiger partial charge in [-0.3, -0.25) is 4.79 Å². The fraction of sp³-hybridized carbons (Fsp3) is 0.667. The smallest absolute Gasteiger partial charge is 0.271 e. The molecule has 0 spiro atoms. The third-order valence-electron chi connectivity index (χ3n) is 3.98. The van der Waals surface area contributed by atoms with Crippen LogP contribution >= 0.6 is 0 Å². The van der Waals surface area contributed by atoms with Gasteiger partial charge in [0.25, 0.3) is 5.91 Å². The molecular weight excluding hydrogens is 316 g/mol. The molecule has 1 aromatic heterocycles. The lowest BCUT2D eigenvalue weighted by Gasteiger charge is -2.27. The van der Waals surface area contributed by atoms with Crippen molar-refractivity contribution < 1.29 is 13.2 Å². The van der Waals surface area contributed by atoms with Crippen molar-refractivity contribution in [1.29, 1.82) is 0 Å². The molecule has 0 aromatic carbocycles. The van der Waals surface area contributed by atoms with Crippen LogP contribution in [0.5, 0.6) is 0 Å². The Morgan fingerprint density at radius 1 is 1.35 bits per heavy atom. The largest absolute Gasteiger partial charge is 0.351 e. The predicted molar refractivity (Wildman–Crippen MR) is 89.4 cm³/mol. The van der Waals surface area contributed by atoms with E-state index in [0.717, 1.165) is 12.8 Å². The van der Waals surface area contributed by atoms with Gasteiger partial charge in [-0.1, -0.05) is 13.3 Å². The van der Waals surface area contributed by atoms with Crippen LogP contribution < -0.4 is 10.2 Å². The number of rotatable bonds is 7. The molecule has 128 valence electrons. The zero-order valence-corrected chi connectivity index (χ0v) is 14.5. The molecule has 1 aromatic rings. The van der Waals surface area contributed by atoms with Crippen molar-refractivity contribution in [3.05, 3.63) is 17.8 Å². The second kappa shape index (κ2) is 7.72. The Labute approximate surface area is 137 Å². The van der Waals surface area contributed by atoms with Crippen molar-refractivity contribution >= 4 is 21.6 Å². The number of sulfone groups is 1. The number of unbranched alkanes of at least 4 members (excludes halogenated alkanes) is 1. The van der Waals surface area contributed by atoms with E-state index >= 15 is 0 Å². The molecule has 0 radical (unpaired) electrons. The summed E-state index contributed by atoms with van der Waals surface area (Å²) in [7, 11) is -2.95. The Balaban J connectivity index is 2.04. The van der Waals surface area contributed by atoms with Gasteiger partial charge in [0.05, 0.1) is 11.5 Å². The van der Waals surface area contributed by atoms with Gasteiger partial charge in [-0.05, 0) is 31.9 Å². The molecule has 1 aliphatic rings. The lowest BCUT2D eigenvalue weighted by atomic mass is 10.2. The van der Waals surface area contributed by atoms with E-state index < -0.39 is 9.84 Å². The van der Waals surface area contributed by atoms with Crippen molar-refractivity contribution in [2.75, 3.05) is 29.5 Å². The monoisotopic (exact) mass is 340 g/mol. The number of nitrogens with zero attached hydrogens (tertiary/aromatic N) is 3. The third-order valence-corrected chi connectivity index (χ3v) is 5.73. The Morgan fingerprint density at radius 3 is 2.65 bits per heavy atom. The molecular formula is C15H24N4O3S. The summed E-state index contributed by atoms with van der Waals surface area (Å²) in [5.74, 6) is 0.755. The lowest BCUT2D eigenvalue weighted by molar-refractivity contribution is 0.0947. The van der Waals surface area contributed by atoms with Crippen LogP contribution in [0.15, 0.2) is 12.1 Å². The summed E-state index contributed by atoms with van der Waals surface area (Å²) in [5, 5.41) is 10.9. The van der Waals surface area contributed by atoms with Crippen LogP contribution in [0.4, 0.5) is 5.82 Å². The molecule has 2 heterocycles. The highest BCUT2D eigenvalue weighted by Gasteiger charge is 2.32. The standard InChI is InChI=1S/C15H24N4O3S/c1-3-5-9-16-15(20)13-6-7-14(18-17-13)19(4-2)12-8-10-23(21,22)11-12/h6-7,12H,3-5,8-11H2,1-2H3,(H,16,20). The zero-order chi connectivity index (χ0) is 16.9. The van der Waals surface area contributed by atoms with Crippen LogP contribution in [-0.2, 0) is 9.84 Å². The topological polar surface area (TPSA) is 92.3 Å². The average molecular weight is 340 g/mol. The van der Waals surface area contributed by atoms with Crippen molar-refractivity contribution in [1.82, 2.24) is 15.5 Å². The molecule has 8 heteroatoms. The highest BCUT2D eigenvalue weighted by molar-refractivity contribution is 7.91. The van der Waals surface area contributed by atoms with Crippen molar-refractivity contribution in [3.8, 4) is 0 Å². The van der Waals surface area contributed by atoms with Gasteiger partial charge in [-0.2, -0.15) is 0 Å². The van der Waals surface area contributed by atoms with Crippen LogP contribution in [0.2, 0.25) is 0 Å². The molecule has 2 rings (SSSR count). The fourth-order valence-electron chi connectivity index (χ4n) is 2.70. The summed E-state index contributed by atoms with van der Waals surface area (Å²) >= 11 is 0. The predicted octanol–water partition coefficient (Wildman–Crippen LogP) is 1.02. The molecule has 1 N–H and O–H groups in total. The van der Waals surface area contributed by atoms with Crippen molar-refractivity contribution in [3.63, 3.8) is 0 Å². The number of anilines is 1. The Morgan fingerprint density at radius 2 is 2.13 bits per heavy atom. The van der Waals surface area contributed by atoms with Gasteiger partial charge in [-0.15, -0.1) is 10.2 Å². The molecule has 0 aliphatic carbocycles. The first kappa shape index (κ1) is 17.7. The molecule has 23 heavy (non-hydrogen) atoms. The van der Waals surface area contributed by atoms with E-state index in [9.17, 15) is 13.2 Å². The van der Waals surface area contributed by atoms with Gasteiger partial charge >= 0.3 is 0 Å². The quantitative estimate of drug-likeness (QED) is 0.745. The van der Waals surface area contributed by atoms with E-state index in [4.69, 9.17) is 0 Å². The maximum absolute atomic E-state index is 11.9. The summed E-state index contributed by atoms with van der Waals surface area (Å²) < 4.78 is 23.3. The number of aromatic nitrogens is 2. The maximum Gasteiger partial charge on any atom is 0.271 e. The zero-order valence-electron chi connectivity index (χ0n) is 13.7. The van der Waals surface area contributed by atoms with Gasteiger partial charge in [0.15, 0.2) is 21.3 Å². The third kappa shape index (κ3) is 4.63.